The molecule has 1 aliphatic rings. The van der Waals surface area contributed by atoms with Gasteiger partial charge in [-0.1, -0.05) is 6.07 Å². The van der Waals surface area contributed by atoms with Gasteiger partial charge in [-0.3, -0.25) is 4.79 Å². The molecule has 4 N–H and O–H groups in total. The molecule has 1 aliphatic heterocycles. The van der Waals surface area contributed by atoms with E-state index in [1.807, 2.05) is 0 Å². The standard InChI is InChI=1S/C17H27N3O4S.ClH/c1-11-5-6-13(25(23,24)20-17(2,3)4)7-14(11)16(22)19-9-12-8-18-10-15(12)21;/h5-7,12,15,18,20-21H,8-10H2,1-4H3,(H,19,22);1H. The lowest BCUT2D eigenvalue weighted by Crippen LogP contribution is -2.40. The lowest BCUT2D eigenvalue weighted by atomic mass is 10.1. The summed E-state index contributed by atoms with van der Waals surface area (Å²) in [6.07, 6.45) is -0.482. The average Bonchev–Trinajstić information content (AvgIpc) is 2.88. The molecule has 1 aromatic carbocycles. The molecule has 0 bridgehead atoms. The highest BCUT2D eigenvalue weighted by molar-refractivity contribution is 7.89. The number of benzene rings is 1. The Morgan fingerprint density at radius 1 is 1.31 bits per heavy atom. The van der Waals surface area contributed by atoms with Gasteiger partial charge in [-0.05, 0) is 45.4 Å². The maximum Gasteiger partial charge on any atom is 0.251 e. The Morgan fingerprint density at radius 2 is 1.96 bits per heavy atom. The molecular weight excluding hydrogens is 378 g/mol. The second kappa shape index (κ2) is 8.67. The van der Waals surface area contributed by atoms with Crippen LogP contribution in [0.4, 0.5) is 0 Å². The molecule has 26 heavy (non-hydrogen) atoms. The van der Waals surface area contributed by atoms with Crippen molar-refractivity contribution in [3.05, 3.63) is 29.3 Å². The predicted octanol–water partition coefficient (Wildman–Crippen LogP) is 0.804. The number of carbonyl (C=O) groups excluding carboxylic acids is 1. The highest BCUT2D eigenvalue weighted by Crippen LogP contribution is 2.18. The molecular formula is C17H28ClN3O4S. The van der Waals surface area contributed by atoms with E-state index >= 15 is 0 Å². The Balaban J connectivity index is 0.00000338. The number of hydrogen-bond donors (Lipinski definition) is 4. The van der Waals surface area contributed by atoms with E-state index in [2.05, 4.69) is 15.4 Å². The van der Waals surface area contributed by atoms with Gasteiger partial charge >= 0.3 is 0 Å². The fourth-order valence-electron chi connectivity index (χ4n) is 2.72. The van der Waals surface area contributed by atoms with Crippen LogP contribution in [0.25, 0.3) is 0 Å². The van der Waals surface area contributed by atoms with E-state index in [9.17, 15) is 18.3 Å². The van der Waals surface area contributed by atoms with Crippen LogP contribution in [0.3, 0.4) is 0 Å². The van der Waals surface area contributed by atoms with E-state index in [0.717, 1.165) is 0 Å². The number of hydrogen-bond acceptors (Lipinski definition) is 5. The Bertz CT molecular complexity index is 747. The first-order valence-electron chi connectivity index (χ1n) is 8.31. The first-order valence-corrected chi connectivity index (χ1v) is 9.79. The van der Waals surface area contributed by atoms with Crippen molar-refractivity contribution in [2.75, 3.05) is 19.6 Å². The molecule has 1 saturated heterocycles. The smallest absolute Gasteiger partial charge is 0.251 e. The number of rotatable bonds is 5. The maximum absolute atomic E-state index is 12.5. The van der Waals surface area contributed by atoms with Gasteiger partial charge in [0, 0.05) is 36.7 Å². The third-order valence-electron chi connectivity index (χ3n) is 4.03. The Hall–Kier alpha value is -1.19. The quantitative estimate of drug-likeness (QED) is 0.579. The number of carbonyl (C=O) groups is 1. The Labute approximate surface area is 161 Å². The normalized spacial score (nSPS) is 20.5. The number of β-amino-alcohol motifs (C(OH)–C–C–N with tert-alkyl or cyclic N) is 1. The van der Waals surface area contributed by atoms with Gasteiger partial charge in [0.05, 0.1) is 11.0 Å². The number of halogens is 1. The van der Waals surface area contributed by atoms with E-state index in [1.54, 1.807) is 33.8 Å². The van der Waals surface area contributed by atoms with Crippen LogP contribution < -0.4 is 15.4 Å². The lowest BCUT2D eigenvalue weighted by Gasteiger charge is -2.21. The molecule has 7 nitrogen and oxygen atoms in total. The molecule has 9 heteroatoms. The van der Waals surface area contributed by atoms with Crippen LogP contribution in [0.1, 0.15) is 36.7 Å². The van der Waals surface area contributed by atoms with Crippen molar-refractivity contribution >= 4 is 28.3 Å². The van der Waals surface area contributed by atoms with Crippen LogP contribution in [-0.2, 0) is 10.0 Å². The predicted molar refractivity (Wildman–Crippen MR) is 103 cm³/mol. The molecule has 2 atom stereocenters. The monoisotopic (exact) mass is 405 g/mol. The summed E-state index contributed by atoms with van der Waals surface area (Å²) in [5, 5.41) is 15.6. The van der Waals surface area contributed by atoms with Crippen LogP contribution in [0.5, 0.6) is 0 Å². The summed E-state index contributed by atoms with van der Waals surface area (Å²) in [4.78, 5) is 12.5. The molecule has 148 valence electrons. The Kier molecular flexibility index (Phi) is 7.62. The molecule has 0 aliphatic carbocycles. The molecule has 1 amide bonds. The van der Waals surface area contributed by atoms with Gasteiger partial charge in [0.1, 0.15) is 0 Å². The van der Waals surface area contributed by atoms with Crippen molar-refractivity contribution < 1.29 is 18.3 Å². The summed E-state index contributed by atoms with van der Waals surface area (Å²) >= 11 is 0. The molecule has 0 saturated carbocycles. The van der Waals surface area contributed by atoms with Crippen molar-refractivity contribution in [1.82, 2.24) is 15.4 Å². The van der Waals surface area contributed by atoms with E-state index < -0.39 is 21.7 Å². The summed E-state index contributed by atoms with van der Waals surface area (Å²) < 4.78 is 27.5. The molecule has 0 spiro atoms. The van der Waals surface area contributed by atoms with Gasteiger partial charge in [-0.15, -0.1) is 12.4 Å². The van der Waals surface area contributed by atoms with Crippen molar-refractivity contribution in [3.63, 3.8) is 0 Å². The number of sulfonamides is 1. The molecule has 2 rings (SSSR count). The fraction of sp³-hybridized carbons (Fsp3) is 0.588. The molecule has 0 radical (unpaired) electrons. The van der Waals surface area contributed by atoms with Crippen LogP contribution in [0, 0.1) is 12.8 Å². The second-order valence-electron chi connectivity index (χ2n) is 7.53. The number of amides is 1. The zero-order valence-electron chi connectivity index (χ0n) is 15.5. The molecule has 1 aromatic rings. The third-order valence-corrected chi connectivity index (χ3v) is 5.79. The minimum absolute atomic E-state index is 0. The van der Waals surface area contributed by atoms with Crippen molar-refractivity contribution in [3.8, 4) is 0 Å². The largest absolute Gasteiger partial charge is 0.391 e. The molecule has 2 unspecified atom stereocenters. The van der Waals surface area contributed by atoms with Crippen molar-refractivity contribution in [2.45, 2.75) is 44.2 Å². The van der Waals surface area contributed by atoms with Gasteiger partial charge in [0.25, 0.3) is 5.91 Å². The summed E-state index contributed by atoms with van der Waals surface area (Å²) in [5.74, 6) is -0.386. The minimum atomic E-state index is -3.71. The van der Waals surface area contributed by atoms with Crippen LogP contribution in [0.2, 0.25) is 0 Å². The second-order valence-corrected chi connectivity index (χ2v) is 9.21. The third kappa shape index (κ3) is 5.92. The number of nitrogens with one attached hydrogen (secondary N) is 3. The van der Waals surface area contributed by atoms with Gasteiger partial charge in [-0.2, -0.15) is 0 Å². The maximum atomic E-state index is 12.5. The zero-order valence-corrected chi connectivity index (χ0v) is 17.1. The van der Waals surface area contributed by atoms with E-state index in [-0.39, 0.29) is 29.1 Å². The Morgan fingerprint density at radius 3 is 2.50 bits per heavy atom. The minimum Gasteiger partial charge on any atom is -0.391 e. The molecule has 1 fully saturated rings. The lowest BCUT2D eigenvalue weighted by molar-refractivity contribution is 0.0926. The molecule has 0 aromatic heterocycles. The van der Waals surface area contributed by atoms with Gasteiger partial charge in [-0.25, -0.2) is 13.1 Å². The number of aryl methyl sites for hydroxylation is 1. The highest BCUT2D eigenvalue weighted by Gasteiger charge is 2.26. The van der Waals surface area contributed by atoms with Gasteiger partial charge in [0.15, 0.2) is 0 Å². The van der Waals surface area contributed by atoms with Gasteiger partial charge in [0.2, 0.25) is 10.0 Å². The van der Waals surface area contributed by atoms with Crippen LogP contribution >= 0.6 is 12.4 Å². The highest BCUT2D eigenvalue weighted by atomic mass is 35.5. The first kappa shape index (κ1) is 22.9. The fourth-order valence-corrected chi connectivity index (χ4v) is 4.17. The first-order chi connectivity index (χ1) is 11.5. The van der Waals surface area contributed by atoms with Crippen molar-refractivity contribution in [1.29, 1.82) is 0 Å². The molecule has 1 heterocycles. The summed E-state index contributed by atoms with van der Waals surface area (Å²) in [6, 6.07) is 4.50. The summed E-state index contributed by atoms with van der Waals surface area (Å²) in [7, 11) is -3.71. The number of aliphatic hydroxyl groups excluding tert-OH is 1. The summed E-state index contributed by atoms with van der Waals surface area (Å²) in [5.41, 5.74) is 0.395. The van der Waals surface area contributed by atoms with Crippen LogP contribution in [-0.4, -0.2) is 50.7 Å². The van der Waals surface area contributed by atoms with E-state index in [0.29, 0.717) is 30.8 Å². The SMILES string of the molecule is Cc1ccc(S(=O)(=O)NC(C)(C)C)cc1C(=O)NCC1CNCC1O.Cl. The summed E-state index contributed by atoms with van der Waals surface area (Å²) in [6.45, 7) is 8.53. The van der Waals surface area contributed by atoms with Gasteiger partial charge < -0.3 is 15.7 Å². The topological polar surface area (TPSA) is 108 Å². The van der Waals surface area contributed by atoms with Crippen LogP contribution in [0.15, 0.2) is 23.1 Å². The average molecular weight is 406 g/mol. The zero-order chi connectivity index (χ0) is 18.8. The van der Waals surface area contributed by atoms with E-state index in [1.165, 1.54) is 12.1 Å². The van der Waals surface area contributed by atoms with Crippen molar-refractivity contribution in [2.24, 2.45) is 5.92 Å². The number of aliphatic hydroxyl groups is 1. The van der Waals surface area contributed by atoms with E-state index in [4.69, 9.17) is 0 Å².